The average Bonchev–Trinajstić information content (AvgIpc) is 3.46. The van der Waals surface area contributed by atoms with E-state index in [1.807, 2.05) is 0 Å². The maximum absolute atomic E-state index is 12.9. The molecule has 1 atom stereocenters. The van der Waals surface area contributed by atoms with Crippen LogP contribution in [0.15, 0.2) is 134 Å². The molecule has 454 valence electrons. The zero-order chi connectivity index (χ0) is 57.8. The summed E-state index contributed by atoms with van der Waals surface area (Å²) in [7, 11) is 0. The van der Waals surface area contributed by atoms with Crippen LogP contribution in [-0.2, 0) is 28.6 Å². The number of carbonyl (C=O) groups is 3. The van der Waals surface area contributed by atoms with Gasteiger partial charge in [-0.1, -0.05) is 289 Å². The van der Waals surface area contributed by atoms with Crippen molar-refractivity contribution >= 4 is 17.9 Å². The van der Waals surface area contributed by atoms with Gasteiger partial charge in [-0.3, -0.25) is 14.4 Å². The summed E-state index contributed by atoms with van der Waals surface area (Å²) in [5, 5.41) is 0. The molecule has 6 nitrogen and oxygen atoms in total. The van der Waals surface area contributed by atoms with Crippen molar-refractivity contribution in [2.45, 2.75) is 303 Å². The summed E-state index contributed by atoms with van der Waals surface area (Å²) in [5.41, 5.74) is 0. The second-order valence-electron chi connectivity index (χ2n) is 21.6. The van der Waals surface area contributed by atoms with E-state index in [0.29, 0.717) is 19.3 Å². The Balaban J connectivity index is 4.21. The molecule has 0 aliphatic heterocycles. The minimum absolute atomic E-state index is 0.0871. The first-order valence-electron chi connectivity index (χ1n) is 33.2. The van der Waals surface area contributed by atoms with Gasteiger partial charge in [-0.05, 0) is 122 Å². The van der Waals surface area contributed by atoms with Crippen LogP contribution < -0.4 is 0 Å². The fourth-order valence-electron chi connectivity index (χ4n) is 8.94. The summed E-state index contributed by atoms with van der Waals surface area (Å²) in [6, 6.07) is 0. The summed E-state index contributed by atoms with van der Waals surface area (Å²) >= 11 is 0. The molecule has 0 aromatic rings. The molecule has 0 aromatic heterocycles. The van der Waals surface area contributed by atoms with E-state index in [-0.39, 0.29) is 31.1 Å². The number of unbranched alkanes of at least 4 members (excludes halogenated alkanes) is 26. The Morgan fingerprint density at radius 3 is 0.762 bits per heavy atom. The maximum atomic E-state index is 12.9. The van der Waals surface area contributed by atoms with Gasteiger partial charge in [0.05, 0.1) is 0 Å². The van der Waals surface area contributed by atoms with Crippen molar-refractivity contribution in [3.63, 3.8) is 0 Å². The number of hydrogen-bond acceptors (Lipinski definition) is 6. The van der Waals surface area contributed by atoms with Crippen molar-refractivity contribution in [3.05, 3.63) is 134 Å². The van der Waals surface area contributed by atoms with Crippen LogP contribution in [0.3, 0.4) is 0 Å². The van der Waals surface area contributed by atoms with Gasteiger partial charge in [-0.2, -0.15) is 0 Å². The number of rotatable bonds is 59. The molecule has 0 aliphatic rings. The molecule has 0 saturated carbocycles. The molecule has 0 radical (unpaired) electrons. The Bertz CT molecular complexity index is 1700. The Labute approximate surface area is 494 Å². The molecule has 0 heterocycles. The third-order valence-corrected chi connectivity index (χ3v) is 13.9. The van der Waals surface area contributed by atoms with Gasteiger partial charge in [-0.15, -0.1) is 0 Å². The van der Waals surface area contributed by atoms with E-state index < -0.39 is 6.10 Å². The topological polar surface area (TPSA) is 78.9 Å². The molecule has 80 heavy (non-hydrogen) atoms. The van der Waals surface area contributed by atoms with E-state index in [1.54, 1.807) is 0 Å². The third kappa shape index (κ3) is 64.4. The Kier molecular flexibility index (Phi) is 63.3. The summed E-state index contributed by atoms with van der Waals surface area (Å²) in [6.07, 6.45) is 94.7. The summed E-state index contributed by atoms with van der Waals surface area (Å²) in [5.74, 6) is -0.910. The fraction of sp³-hybridized carbons (Fsp3) is 0.662. The average molecular weight is 1110 g/mol. The molecule has 0 amide bonds. The Morgan fingerprint density at radius 1 is 0.263 bits per heavy atom. The summed E-state index contributed by atoms with van der Waals surface area (Å²) < 4.78 is 16.9. The monoisotopic (exact) mass is 1110 g/mol. The van der Waals surface area contributed by atoms with Gasteiger partial charge in [0, 0.05) is 19.3 Å². The van der Waals surface area contributed by atoms with Crippen molar-refractivity contribution in [2.24, 2.45) is 0 Å². The lowest BCUT2D eigenvalue weighted by atomic mass is 10.1. The highest BCUT2D eigenvalue weighted by Gasteiger charge is 2.19. The maximum Gasteiger partial charge on any atom is 0.306 e. The van der Waals surface area contributed by atoms with Crippen molar-refractivity contribution in [3.8, 4) is 0 Å². The van der Waals surface area contributed by atoms with Crippen LogP contribution in [0.25, 0.3) is 0 Å². The second kappa shape index (κ2) is 67.1. The van der Waals surface area contributed by atoms with Crippen LogP contribution in [0.4, 0.5) is 0 Å². The second-order valence-corrected chi connectivity index (χ2v) is 21.6. The van der Waals surface area contributed by atoms with E-state index in [2.05, 4.69) is 154 Å². The largest absolute Gasteiger partial charge is 0.462 e. The van der Waals surface area contributed by atoms with E-state index in [0.717, 1.165) is 141 Å². The highest BCUT2D eigenvalue weighted by molar-refractivity contribution is 5.71. The molecular formula is C74H122O6. The van der Waals surface area contributed by atoms with Gasteiger partial charge in [0.15, 0.2) is 6.10 Å². The van der Waals surface area contributed by atoms with Crippen LogP contribution >= 0.6 is 0 Å². The van der Waals surface area contributed by atoms with Gasteiger partial charge in [0.25, 0.3) is 0 Å². The van der Waals surface area contributed by atoms with Gasteiger partial charge in [0.2, 0.25) is 0 Å². The van der Waals surface area contributed by atoms with Crippen molar-refractivity contribution in [2.75, 3.05) is 13.2 Å². The fourth-order valence-corrected chi connectivity index (χ4v) is 8.94. The number of carbonyl (C=O) groups excluding carboxylic acids is 3. The van der Waals surface area contributed by atoms with Gasteiger partial charge in [-0.25, -0.2) is 0 Å². The SMILES string of the molecule is CC/C=C\C/C=C\C/C=C\C/C=C\C/C=C\C/C=C\C/C=C\C/C=C\CCCCCCCCCCC(=O)OCC(COC(=O)CCCCCCCCCC)OC(=O)CCCCCCCC/C=C\C/C=C\C/C=C\CCCCCCC. The van der Waals surface area contributed by atoms with Crippen LogP contribution in [0.1, 0.15) is 297 Å². The molecule has 0 aromatic carbocycles. The third-order valence-electron chi connectivity index (χ3n) is 13.9. The molecular weight excluding hydrogens is 985 g/mol. The van der Waals surface area contributed by atoms with Crippen LogP contribution in [0.5, 0.6) is 0 Å². The first-order valence-corrected chi connectivity index (χ1v) is 33.2. The molecule has 0 fully saturated rings. The van der Waals surface area contributed by atoms with Crippen molar-refractivity contribution in [1.82, 2.24) is 0 Å². The van der Waals surface area contributed by atoms with Crippen LogP contribution in [0.2, 0.25) is 0 Å². The zero-order valence-electron chi connectivity index (χ0n) is 52.0. The first kappa shape index (κ1) is 75.5. The molecule has 0 saturated heterocycles. The predicted octanol–water partition coefficient (Wildman–Crippen LogP) is 22.9. The normalized spacial score (nSPS) is 13.0. The van der Waals surface area contributed by atoms with Crippen LogP contribution in [0, 0.1) is 0 Å². The summed E-state index contributed by atoms with van der Waals surface area (Å²) in [6.45, 7) is 6.48. The van der Waals surface area contributed by atoms with Crippen molar-refractivity contribution < 1.29 is 28.6 Å². The lowest BCUT2D eigenvalue weighted by Crippen LogP contribution is -2.30. The Hall–Kier alpha value is -4.45. The van der Waals surface area contributed by atoms with E-state index >= 15 is 0 Å². The lowest BCUT2D eigenvalue weighted by molar-refractivity contribution is -0.167. The zero-order valence-corrected chi connectivity index (χ0v) is 52.0. The van der Waals surface area contributed by atoms with E-state index in [4.69, 9.17) is 14.2 Å². The quantitative estimate of drug-likeness (QED) is 0.0261. The van der Waals surface area contributed by atoms with Gasteiger partial charge >= 0.3 is 17.9 Å². The highest BCUT2D eigenvalue weighted by Crippen LogP contribution is 2.15. The van der Waals surface area contributed by atoms with Crippen molar-refractivity contribution in [1.29, 1.82) is 0 Å². The van der Waals surface area contributed by atoms with Crippen LogP contribution in [-0.4, -0.2) is 37.2 Å². The lowest BCUT2D eigenvalue weighted by Gasteiger charge is -2.18. The smallest absolute Gasteiger partial charge is 0.306 e. The van der Waals surface area contributed by atoms with Gasteiger partial charge in [0.1, 0.15) is 13.2 Å². The molecule has 6 heteroatoms. The molecule has 0 bridgehead atoms. The standard InChI is InChI=1S/C74H122O6/c1-4-7-10-13-16-19-21-23-25-27-29-31-32-33-34-35-36-37-38-39-40-41-42-44-45-47-49-51-53-55-58-61-64-67-73(76)79-70-71(69-78-72(75)66-63-60-57-18-15-12-9-6-3)80-74(77)68-65-62-59-56-54-52-50-48-46-43-30-28-26-24-22-20-17-14-11-8-5-2/h7,10,16,19,22-25,28-31,33-34,36-37,39-40,42,44,46,48,71H,4-6,8-9,11-15,17-18,20-21,26-27,32,35,38,41,43,45,47,49-70H2,1-3H3/b10-7-,19-16-,24-22-,25-23-,30-28-,31-29-,34-33-,37-36-,40-39-,44-42-,48-46-. The number of allylic oxidation sites excluding steroid dienone is 22. The molecule has 0 N–H and O–H groups in total. The minimum Gasteiger partial charge on any atom is -0.462 e. The predicted molar refractivity (Wildman–Crippen MR) is 348 cm³/mol. The number of esters is 3. The van der Waals surface area contributed by atoms with Gasteiger partial charge < -0.3 is 14.2 Å². The number of hydrogen-bond donors (Lipinski definition) is 0. The van der Waals surface area contributed by atoms with E-state index in [9.17, 15) is 14.4 Å². The highest BCUT2D eigenvalue weighted by atomic mass is 16.6. The molecule has 0 aliphatic carbocycles. The summed E-state index contributed by atoms with van der Waals surface area (Å²) in [4.78, 5) is 38.2. The van der Waals surface area contributed by atoms with E-state index in [1.165, 1.54) is 116 Å². The number of ether oxygens (including phenoxy) is 3. The first-order chi connectivity index (χ1) is 39.5. The Morgan fingerprint density at radius 2 is 0.487 bits per heavy atom. The molecule has 1 unspecified atom stereocenters. The minimum atomic E-state index is -0.791. The molecule has 0 spiro atoms. The molecule has 0 rings (SSSR count).